The van der Waals surface area contributed by atoms with Gasteiger partial charge >= 0.3 is 0 Å². The highest BCUT2D eigenvalue weighted by molar-refractivity contribution is 4.78. The minimum absolute atomic E-state index is 0.350. The molecule has 1 heteroatoms. The summed E-state index contributed by atoms with van der Waals surface area (Å²) in [5.41, 5.74) is 0.350. The summed E-state index contributed by atoms with van der Waals surface area (Å²) in [5, 5.41) is 3.73. The Kier molecular flexibility index (Phi) is 7.97. The number of unbranched alkanes of at least 4 members (excludes halogenated alkanes) is 2. The van der Waals surface area contributed by atoms with Gasteiger partial charge in [-0.2, -0.15) is 0 Å². The number of hydrogen-bond acceptors (Lipinski definition) is 1. The normalized spacial score (nSPS) is 18.2. The summed E-state index contributed by atoms with van der Waals surface area (Å²) < 4.78 is 0. The molecule has 1 aliphatic rings. The third kappa shape index (κ3) is 7.41. The molecule has 0 aliphatic heterocycles. The van der Waals surface area contributed by atoms with Crippen molar-refractivity contribution in [3.63, 3.8) is 0 Å². The molecule has 0 radical (unpaired) electrons. The van der Waals surface area contributed by atoms with Crippen LogP contribution in [0.5, 0.6) is 0 Å². The van der Waals surface area contributed by atoms with Crippen LogP contribution in [0.15, 0.2) is 0 Å². The van der Waals surface area contributed by atoms with Crippen LogP contribution in [-0.2, 0) is 0 Å². The second kappa shape index (κ2) is 8.96. The third-order valence-corrected chi connectivity index (χ3v) is 4.52. The lowest BCUT2D eigenvalue weighted by Gasteiger charge is -2.28. The average Bonchev–Trinajstić information content (AvgIpc) is 2.36. The molecule has 1 nitrogen and oxygen atoms in total. The van der Waals surface area contributed by atoms with E-state index < -0.39 is 0 Å². The highest BCUT2D eigenvalue weighted by atomic mass is 14.9. The molecule has 1 saturated carbocycles. The van der Waals surface area contributed by atoms with Crippen LogP contribution in [0.1, 0.15) is 91.4 Å². The van der Waals surface area contributed by atoms with Crippen molar-refractivity contribution in [2.45, 2.75) is 96.9 Å². The maximum atomic E-state index is 3.73. The van der Waals surface area contributed by atoms with E-state index in [1.54, 1.807) is 0 Å². The smallest absolute Gasteiger partial charge is 0.0125 e. The standard InChI is InChI=1S/C17H35N/c1-4-5-9-15-18-17(2,3)14-10-13-16-11-7-6-8-12-16/h16,18H,4-15H2,1-3H3. The zero-order valence-electron chi connectivity index (χ0n) is 13.1. The molecular weight excluding hydrogens is 218 g/mol. The van der Waals surface area contributed by atoms with Gasteiger partial charge in [-0.05, 0) is 39.2 Å². The summed E-state index contributed by atoms with van der Waals surface area (Å²) in [6, 6.07) is 0. The fraction of sp³-hybridized carbons (Fsp3) is 1.00. The summed E-state index contributed by atoms with van der Waals surface area (Å²) >= 11 is 0. The zero-order valence-corrected chi connectivity index (χ0v) is 13.1. The maximum Gasteiger partial charge on any atom is 0.0125 e. The van der Waals surface area contributed by atoms with Gasteiger partial charge in [0.25, 0.3) is 0 Å². The van der Waals surface area contributed by atoms with E-state index in [1.165, 1.54) is 77.2 Å². The van der Waals surface area contributed by atoms with Crippen LogP contribution in [0.3, 0.4) is 0 Å². The molecule has 0 bridgehead atoms. The summed E-state index contributed by atoms with van der Waals surface area (Å²) in [6.45, 7) is 8.22. The largest absolute Gasteiger partial charge is 0.312 e. The molecule has 0 aromatic carbocycles. The molecule has 0 spiro atoms. The van der Waals surface area contributed by atoms with Crippen LogP contribution < -0.4 is 5.32 Å². The predicted octanol–water partition coefficient (Wildman–Crippen LogP) is 5.30. The van der Waals surface area contributed by atoms with Crippen molar-refractivity contribution in [1.29, 1.82) is 0 Å². The van der Waals surface area contributed by atoms with E-state index in [0.717, 1.165) is 5.92 Å². The second-order valence-corrected chi connectivity index (χ2v) is 6.91. The first-order valence-electron chi connectivity index (χ1n) is 8.39. The Bertz CT molecular complexity index is 192. The van der Waals surface area contributed by atoms with Gasteiger partial charge in [-0.1, -0.05) is 64.7 Å². The van der Waals surface area contributed by atoms with Crippen molar-refractivity contribution in [2.24, 2.45) is 5.92 Å². The van der Waals surface area contributed by atoms with Gasteiger partial charge in [0, 0.05) is 5.54 Å². The molecule has 18 heavy (non-hydrogen) atoms. The Morgan fingerprint density at radius 1 is 1.00 bits per heavy atom. The molecule has 0 unspecified atom stereocenters. The zero-order chi connectivity index (χ0) is 13.3. The Hall–Kier alpha value is -0.0400. The van der Waals surface area contributed by atoms with Crippen LogP contribution in [0.2, 0.25) is 0 Å². The Labute approximate surface area is 115 Å². The van der Waals surface area contributed by atoms with Crippen molar-refractivity contribution in [3.05, 3.63) is 0 Å². The first-order chi connectivity index (χ1) is 8.64. The van der Waals surface area contributed by atoms with Crippen molar-refractivity contribution in [3.8, 4) is 0 Å². The van der Waals surface area contributed by atoms with E-state index in [-0.39, 0.29) is 0 Å². The fourth-order valence-corrected chi connectivity index (χ4v) is 3.20. The highest BCUT2D eigenvalue weighted by Gasteiger charge is 2.18. The Morgan fingerprint density at radius 3 is 2.39 bits per heavy atom. The molecule has 0 atom stereocenters. The first-order valence-corrected chi connectivity index (χ1v) is 8.39. The fourth-order valence-electron chi connectivity index (χ4n) is 3.20. The molecule has 0 amide bonds. The SMILES string of the molecule is CCCCCNC(C)(C)CCCC1CCCCC1. The lowest BCUT2D eigenvalue weighted by molar-refractivity contribution is 0.295. The number of rotatable bonds is 9. The Morgan fingerprint density at radius 2 is 1.72 bits per heavy atom. The van der Waals surface area contributed by atoms with Crippen molar-refractivity contribution in [2.75, 3.05) is 6.54 Å². The van der Waals surface area contributed by atoms with Gasteiger partial charge in [-0.3, -0.25) is 0 Å². The van der Waals surface area contributed by atoms with E-state index in [4.69, 9.17) is 0 Å². The van der Waals surface area contributed by atoms with Gasteiger partial charge in [0.05, 0.1) is 0 Å². The van der Waals surface area contributed by atoms with E-state index in [1.807, 2.05) is 0 Å². The van der Waals surface area contributed by atoms with E-state index >= 15 is 0 Å². The monoisotopic (exact) mass is 253 g/mol. The third-order valence-electron chi connectivity index (χ3n) is 4.52. The van der Waals surface area contributed by atoms with E-state index in [9.17, 15) is 0 Å². The van der Waals surface area contributed by atoms with Gasteiger partial charge in [0.2, 0.25) is 0 Å². The molecule has 0 aromatic heterocycles. The first kappa shape index (κ1) is 16.0. The topological polar surface area (TPSA) is 12.0 Å². The molecule has 0 aromatic rings. The quantitative estimate of drug-likeness (QED) is 0.550. The molecule has 0 saturated heterocycles. The molecule has 108 valence electrons. The lowest BCUT2D eigenvalue weighted by Crippen LogP contribution is -2.39. The molecule has 1 aliphatic carbocycles. The molecule has 0 heterocycles. The van der Waals surface area contributed by atoms with Crippen molar-refractivity contribution in [1.82, 2.24) is 5.32 Å². The predicted molar refractivity (Wildman–Crippen MR) is 82.0 cm³/mol. The molecular formula is C17H35N. The van der Waals surface area contributed by atoms with Crippen molar-refractivity contribution >= 4 is 0 Å². The number of nitrogens with one attached hydrogen (secondary N) is 1. The van der Waals surface area contributed by atoms with Crippen LogP contribution in [0.4, 0.5) is 0 Å². The van der Waals surface area contributed by atoms with Gasteiger partial charge in [-0.15, -0.1) is 0 Å². The summed E-state index contributed by atoms with van der Waals surface area (Å²) in [6.07, 6.45) is 15.7. The van der Waals surface area contributed by atoms with E-state index in [2.05, 4.69) is 26.1 Å². The number of hydrogen-bond donors (Lipinski definition) is 1. The summed E-state index contributed by atoms with van der Waals surface area (Å²) in [7, 11) is 0. The van der Waals surface area contributed by atoms with Crippen LogP contribution >= 0.6 is 0 Å². The summed E-state index contributed by atoms with van der Waals surface area (Å²) in [4.78, 5) is 0. The van der Waals surface area contributed by atoms with Gasteiger partial charge in [0.15, 0.2) is 0 Å². The minimum atomic E-state index is 0.350. The highest BCUT2D eigenvalue weighted by Crippen LogP contribution is 2.28. The van der Waals surface area contributed by atoms with Crippen LogP contribution in [0.25, 0.3) is 0 Å². The second-order valence-electron chi connectivity index (χ2n) is 6.91. The van der Waals surface area contributed by atoms with Gasteiger partial charge < -0.3 is 5.32 Å². The van der Waals surface area contributed by atoms with Crippen molar-refractivity contribution < 1.29 is 0 Å². The van der Waals surface area contributed by atoms with Crippen LogP contribution in [-0.4, -0.2) is 12.1 Å². The van der Waals surface area contributed by atoms with Crippen LogP contribution in [0, 0.1) is 5.92 Å². The lowest BCUT2D eigenvalue weighted by atomic mass is 9.84. The molecule has 1 N–H and O–H groups in total. The minimum Gasteiger partial charge on any atom is -0.312 e. The van der Waals surface area contributed by atoms with E-state index in [0.29, 0.717) is 5.54 Å². The maximum absolute atomic E-state index is 3.73. The van der Waals surface area contributed by atoms with Gasteiger partial charge in [0.1, 0.15) is 0 Å². The van der Waals surface area contributed by atoms with Gasteiger partial charge in [-0.25, -0.2) is 0 Å². The Balaban J connectivity index is 2.04. The molecule has 1 rings (SSSR count). The summed E-state index contributed by atoms with van der Waals surface area (Å²) in [5.74, 6) is 1.05. The average molecular weight is 253 g/mol. The molecule has 1 fully saturated rings.